The van der Waals surface area contributed by atoms with E-state index in [-0.39, 0.29) is 23.4 Å². The summed E-state index contributed by atoms with van der Waals surface area (Å²) in [5.41, 5.74) is 1.95. The summed E-state index contributed by atoms with van der Waals surface area (Å²) in [4.78, 5) is 20.0. The average molecular weight is 441 g/mol. The van der Waals surface area contributed by atoms with Crippen molar-refractivity contribution < 1.29 is 18.0 Å². The zero-order valence-electron chi connectivity index (χ0n) is 17.0. The molecule has 0 saturated heterocycles. The van der Waals surface area contributed by atoms with Gasteiger partial charge in [-0.05, 0) is 43.3 Å². The molecule has 2 aromatic heterocycles. The fourth-order valence-corrected chi connectivity index (χ4v) is 3.06. The minimum absolute atomic E-state index is 0.232. The van der Waals surface area contributed by atoms with Crippen molar-refractivity contribution in [1.82, 2.24) is 24.9 Å². The van der Waals surface area contributed by atoms with Gasteiger partial charge in [0.15, 0.2) is 5.82 Å². The van der Waals surface area contributed by atoms with Crippen molar-refractivity contribution in [2.75, 3.05) is 17.7 Å². The lowest BCUT2D eigenvalue weighted by molar-refractivity contribution is -0.137. The van der Waals surface area contributed by atoms with Crippen molar-refractivity contribution in [2.45, 2.75) is 13.1 Å². The third-order valence-corrected chi connectivity index (χ3v) is 4.65. The SMILES string of the molecule is CNC(=O)Nc1ccc(Nc2ncc3c(C)nc(-c4cccc(C(F)(F)F)c4)n3n2)cc1. The van der Waals surface area contributed by atoms with Crippen LogP contribution in [0.2, 0.25) is 0 Å². The molecule has 3 N–H and O–H groups in total. The molecule has 32 heavy (non-hydrogen) atoms. The molecule has 0 aliphatic heterocycles. The molecular weight excluding hydrogens is 423 g/mol. The number of halogens is 3. The quantitative estimate of drug-likeness (QED) is 0.430. The van der Waals surface area contributed by atoms with Crippen LogP contribution in [0.5, 0.6) is 0 Å². The summed E-state index contributed by atoms with van der Waals surface area (Å²) in [5, 5.41) is 12.6. The Morgan fingerprint density at radius 2 is 1.78 bits per heavy atom. The molecule has 0 radical (unpaired) electrons. The number of carbonyl (C=O) groups is 1. The van der Waals surface area contributed by atoms with Crippen LogP contribution in [0.15, 0.2) is 54.7 Å². The normalized spacial score (nSPS) is 11.4. The first-order valence-corrected chi connectivity index (χ1v) is 9.50. The van der Waals surface area contributed by atoms with Crippen molar-refractivity contribution >= 4 is 28.9 Å². The molecule has 0 saturated carbocycles. The molecule has 11 heteroatoms. The van der Waals surface area contributed by atoms with Crippen LogP contribution in [0, 0.1) is 6.92 Å². The predicted molar refractivity (Wildman–Crippen MR) is 114 cm³/mol. The van der Waals surface area contributed by atoms with Crippen LogP contribution in [0.3, 0.4) is 0 Å². The van der Waals surface area contributed by atoms with E-state index in [1.54, 1.807) is 43.5 Å². The first-order chi connectivity index (χ1) is 15.2. The smallest absolute Gasteiger partial charge is 0.341 e. The van der Waals surface area contributed by atoms with Gasteiger partial charge >= 0.3 is 12.2 Å². The molecule has 8 nitrogen and oxygen atoms in total. The minimum atomic E-state index is -4.46. The highest BCUT2D eigenvalue weighted by Crippen LogP contribution is 2.32. The Morgan fingerprint density at radius 1 is 1.06 bits per heavy atom. The van der Waals surface area contributed by atoms with Gasteiger partial charge in [-0.1, -0.05) is 12.1 Å². The zero-order valence-corrected chi connectivity index (χ0v) is 17.0. The molecule has 0 aliphatic rings. The van der Waals surface area contributed by atoms with Crippen LogP contribution < -0.4 is 16.0 Å². The fraction of sp³-hybridized carbons (Fsp3) is 0.143. The van der Waals surface area contributed by atoms with Gasteiger partial charge in [0.05, 0.1) is 17.5 Å². The molecule has 0 fully saturated rings. The summed E-state index contributed by atoms with van der Waals surface area (Å²) in [6.07, 6.45) is -2.91. The maximum Gasteiger partial charge on any atom is 0.416 e. The van der Waals surface area contributed by atoms with Crippen molar-refractivity contribution in [3.05, 3.63) is 66.0 Å². The third-order valence-electron chi connectivity index (χ3n) is 4.65. The summed E-state index contributed by atoms with van der Waals surface area (Å²) >= 11 is 0. The number of aromatic nitrogens is 4. The molecule has 0 atom stereocenters. The van der Waals surface area contributed by atoms with Crippen molar-refractivity contribution in [1.29, 1.82) is 0 Å². The first kappa shape index (κ1) is 21.1. The van der Waals surface area contributed by atoms with E-state index >= 15 is 0 Å². The fourth-order valence-electron chi connectivity index (χ4n) is 3.06. The first-order valence-electron chi connectivity index (χ1n) is 9.50. The van der Waals surface area contributed by atoms with Crippen LogP contribution >= 0.6 is 0 Å². The molecule has 0 spiro atoms. The molecule has 4 rings (SSSR count). The molecule has 2 heterocycles. The lowest BCUT2D eigenvalue weighted by Gasteiger charge is -2.09. The van der Waals surface area contributed by atoms with Gasteiger partial charge in [-0.3, -0.25) is 0 Å². The Balaban J connectivity index is 1.65. The second-order valence-electron chi connectivity index (χ2n) is 6.88. The summed E-state index contributed by atoms with van der Waals surface area (Å²) < 4.78 is 40.9. The molecule has 2 aromatic carbocycles. The number of anilines is 3. The van der Waals surface area contributed by atoms with Gasteiger partial charge in [-0.25, -0.2) is 19.3 Å². The Hall–Kier alpha value is -4.15. The number of aryl methyl sites for hydroxylation is 1. The second-order valence-corrected chi connectivity index (χ2v) is 6.88. The average Bonchev–Trinajstić information content (AvgIpc) is 3.10. The number of imidazole rings is 1. The lowest BCUT2D eigenvalue weighted by Crippen LogP contribution is -2.24. The minimum Gasteiger partial charge on any atom is -0.341 e. The summed E-state index contributed by atoms with van der Waals surface area (Å²) in [5.74, 6) is 0.509. The topological polar surface area (TPSA) is 96.2 Å². The van der Waals surface area contributed by atoms with Gasteiger partial charge < -0.3 is 16.0 Å². The molecule has 0 unspecified atom stereocenters. The van der Waals surface area contributed by atoms with Crippen molar-refractivity contribution in [2.24, 2.45) is 0 Å². The standard InChI is InChI=1S/C21H18F3N7O/c1-12-17-11-26-19(28-15-6-8-16(9-7-15)29-20(32)25-2)30-31(17)18(27-12)13-4-3-5-14(10-13)21(22,23)24/h3-11H,1-2H3,(H,28,30)(H2,25,29,32). The highest BCUT2D eigenvalue weighted by Gasteiger charge is 2.30. The number of amides is 2. The van der Waals surface area contributed by atoms with E-state index in [1.165, 1.54) is 17.6 Å². The van der Waals surface area contributed by atoms with E-state index in [2.05, 4.69) is 31.0 Å². The number of nitrogens with one attached hydrogen (secondary N) is 3. The highest BCUT2D eigenvalue weighted by atomic mass is 19.4. The number of benzene rings is 2. The number of rotatable bonds is 4. The number of carbonyl (C=O) groups excluding carboxylic acids is 1. The number of fused-ring (bicyclic) bond motifs is 1. The van der Waals surface area contributed by atoms with Gasteiger partial charge in [-0.15, -0.1) is 5.10 Å². The zero-order chi connectivity index (χ0) is 22.9. The van der Waals surface area contributed by atoms with E-state index in [1.807, 2.05) is 0 Å². The van der Waals surface area contributed by atoms with Crippen molar-refractivity contribution in [3.8, 4) is 11.4 Å². The molecule has 164 valence electrons. The number of hydrogen-bond donors (Lipinski definition) is 3. The van der Waals surface area contributed by atoms with Crippen molar-refractivity contribution in [3.63, 3.8) is 0 Å². The highest BCUT2D eigenvalue weighted by molar-refractivity contribution is 5.89. The van der Waals surface area contributed by atoms with Gasteiger partial charge in [0.25, 0.3) is 0 Å². The van der Waals surface area contributed by atoms with Crippen LogP contribution in [-0.2, 0) is 6.18 Å². The molecule has 0 bridgehead atoms. The third kappa shape index (κ3) is 4.31. The monoisotopic (exact) mass is 441 g/mol. The molecule has 4 aromatic rings. The molecule has 2 amide bonds. The largest absolute Gasteiger partial charge is 0.416 e. The summed E-state index contributed by atoms with van der Waals surface area (Å²) in [6, 6.07) is 11.5. The Labute approximate surface area is 180 Å². The number of alkyl halides is 3. The van der Waals surface area contributed by atoms with Gasteiger partial charge in [0, 0.05) is 24.0 Å². The Morgan fingerprint density at radius 3 is 2.47 bits per heavy atom. The van der Waals surface area contributed by atoms with Crippen LogP contribution in [0.1, 0.15) is 11.3 Å². The van der Waals surface area contributed by atoms with E-state index in [4.69, 9.17) is 0 Å². The van der Waals surface area contributed by atoms with Gasteiger partial charge in [-0.2, -0.15) is 13.2 Å². The summed E-state index contributed by atoms with van der Waals surface area (Å²) in [7, 11) is 1.52. The number of urea groups is 1. The number of hydrogen-bond acceptors (Lipinski definition) is 5. The van der Waals surface area contributed by atoms with E-state index in [0.29, 0.717) is 22.6 Å². The van der Waals surface area contributed by atoms with Gasteiger partial charge in [0.2, 0.25) is 5.95 Å². The predicted octanol–water partition coefficient (Wildman–Crippen LogP) is 4.61. The maximum atomic E-state index is 13.1. The van der Waals surface area contributed by atoms with Crippen LogP contribution in [-0.4, -0.2) is 32.7 Å². The number of nitrogens with zero attached hydrogens (tertiary/aromatic N) is 4. The van der Waals surface area contributed by atoms with Crippen LogP contribution in [0.4, 0.5) is 35.3 Å². The van der Waals surface area contributed by atoms with E-state index < -0.39 is 11.7 Å². The van der Waals surface area contributed by atoms with Gasteiger partial charge in [0.1, 0.15) is 5.52 Å². The maximum absolute atomic E-state index is 13.1. The summed E-state index contributed by atoms with van der Waals surface area (Å²) in [6.45, 7) is 1.74. The lowest BCUT2D eigenvalue weighted by atomic mass is 10.1. The Kier molecular flexibility index (Phi) is 5.39. The Bertz CT molecular complexity index is 1280. The second kappa shape index (κ2) is 8.17. The molecular formula is C21H18F3N7O. The van der Waals surface area contributed by atoms with E-state index in [0.717, 1.165) is 12.1 Å². The molecule has 0 aliphatic carbocycles. The van der Waals surface area contributed by atoms with E-state index in [9.17, 15) is 18.0 Å². The van der Waals surface area contributed by atoms with Crippen LogP contribution in [0.25, 0.3) is 16.9 Å².